The van der Waals surface area contributed by atoms with Gasteiger partial charge in [-0.1, -0.05) is 0 Å². The Kier molecular flexibility index (Phi) is 5.56. The zero-order chi connectivity index (χ0) is 13.3. The molecule has 1 aliphatic heterocycles. The van der Waals surface area contributed by atoms with E-state index in [-0.39, 0.29) is 30.1 Å². The van der Waals surface area contributed by atoms with Crippen LogP contribution in [0.3, 0.4) is 0 Å². The van der Waals surface area contributed by atoms with Crippen LogP contribution in [0.25, 0.3) is 0 Å². The largest absolute Gasteiger partial charge is 0.393 e. The fraction of sp³-hybridized carbons (Fsp3) is 0.933. The van der Waals surface area contributed by atoms with Crippen LogP contribution in [-0.2, 0) is 0 Å². The minimum Gasteiger partial charge on any atom is -0.393 e. The van der Waals surface area contributed by atoms with Crippen LogP contribution in [0.2, 0.25) is 0 Å². The lowest BCUT2D eigenvalue weighted by atomic mass is 10.0. The summed E-state index contributed by atoms with van der Waals surface area (Å²) in [6.45, 7) is 5.93. The van der Waals surface area contributed by atoms with Gasteiger partial charge in [-0.3, -0.25) is 4.99 Å². The molecule has 0 aromatic heterocycles. The first-order chi connectivity index (χ1) is 9.23. The molecular formula is C15H28IN3O. The maximum Gasteiger partial charge on any atom is 0.193 e. The summed E-state index contributed by atoms with van der Waals surface area (Å²) >= 11 is 0. The smallest absolute Gasteiger partial charge is 0.193 e. The summed E-state index contributed by atoms with van der Waals surface area (Å²) in [4.78, 5) is 7.23. The number of aliphatic imine (C=N–C) groups is 1. The van der Waals surface area contributed by atoms with Crippen LogP contribution >= 0.6 is 24.0 Å². The Balaban J connectivity index is 0.00000147. The highest BCUT2D eigenvalue weighted by Crippen LogP contribution is 2.61. The van der Waals surface area contributed by atoms with E-state index in [4.69, 9.17) is 4.99 Å². The average molecular weight is 393 g/mol. The van der Waals surface area contributed by atoms with Crippen molar-refractivity contribution in [3.8, 4) is 0 Å². The van der Waals surface area contributed by atoms with Crippen molar-refractivity contribution >= 4 is 29.9 Å². The van der Waals surface area contributed by atoms with E-state index in [1.165, 1.54) is 25.7 Å². The Hall–Kier alpha value is -0.0400. The van der Waals surface area contributed by atoms with Crippen molar-refractivity contribution in [2.75, 3.05) is 26.2 Å². The fourth-order valence-corrected chi connectivity index (χ4v) is 3.29. The number of hydrogen-bond donors (Lipinski definition) is 2. The predicted octanol–water partition coefficient (Wildman–Crippen LogP) is 2.22. The Morgan fingerprint density at radius 1 is 1.25 bits per heavy atom. The lowest BCUT2D eigenvalue weighted by Crippen LogP contribution is -2.46. The Bertz CT molecular complexity index is 345. The van der Waals surface area contributed by atoms with E-state index in [1.807, 2.05) is 0 Å². The summed E-state index contributed by atoms with van der Waals surface area (Å²) in [5.41, 5.74) is 0.579. The Labute approximate surface area is 139 Å². The summed E-state index contributed by atoms with van der Waals surface area (Å²) in [6, 6.07) is 0. The van der Waals surface area contributed by atoms with E-state index in [0.717, 1.165) is 50.9 Å². The second-order valence-electron chi connectivity index (χ2n) is 6.53. The van der Waals surface area contributed by atoms with Crippen molar-refractivity contribution in [1.82, 2.24) is 10.2 Å². The van der Waals surface area contributed by atoms with Crippen molar-refractivity contribution in [2.24, 2.45) is 16.3 Å². The Morgan fingerprint density at radius 3 is 2.40 bits per heavy atom. The standard InChI is InChI=1S/C15H27N3O.HI/c1-2-16-14(18-9-5-13(19)6-10-18)17-11-15(7-8-15)12-3-4-12;/h12-13,19H,2-11H2,1H3,(H,16,17);1H. The molecule has 3 fully saturated rings. The van der Waals surface area contributed by atoms with Gasteiger partial charge < -0.3 is 15.3 Å². The van der Waals surface area contributed by atoms with Crippen molar-refractivity contribution in [2.45, 2.75) is 51.6 Å². The number of halogens is 1. The number of aliphatic hydroxyl groups excluding tert-OH is 1. The van der Waals surface area contributed by atoms with Crippen molar-refractivity contribution in [1.29, 1.82) is 0 Å². The molecule has 1 heterocycles. The third-order valence-corrected chi connectivity index (χ3v) is 4.98. The zero-order valence-electron chi connectivity index (χ0n) is 12.5. The number of piperidine rings is 1. The van der Waals surface area contributed by atoms with E-state index in [0.29, 0.717) is 5.41 Å². The molecule has 0 aromatic carbocycles. The minimum absolute atomic E-state index is 0. The number of nitrogens with one attached hydrogen (secondary N) is 1. The molecular weight excluding hydrogens is 365 g/mol. The first-order valence-corrected chi connectivity index (χ1v) is 7.95. The second-order valence-corrected chi connectivity index (χ2v) is 6.53. The molecule has 2 N–H and O–H groups in total. The lowest BCUT2D eigenvalue weighted by Gasteiger charge is -2.32. The Morgan fingerprint density at radius 2 is 1.90 bits per heavy atom. The molecule has 20 heavy (non-hydrogen) atoms. The first kappa shape index (κ1) is 16.3. The summed E-state index contributed by atoms with van der Waals surface area (Å²) in [5.74, 6) is 2.05. The highest BCUT2D eigenvalue weighted by molar-refractivity contribution is 14.0. The second kappa shape index (κ2) is 6.81. The average Bonchev–Trinajstić information content (AvgIpc) is 3.28. The van der Waals surface area contributed by atoms with Gasteiger partial charge in [0.15, 0.2) is 5.96 Å². The molecule has 3 rings (SSSR count). The predicted molar refractivity (Wildman–Crippen MR) is 92.6 cm³/mol. The quantitative estimate of drug-likeness (QED) is 0.438. The van der Waals surface area contributed by atoms with Crippen LogP contribution in [0, 0.1) is 11.3 Å². The van der Waals surface area contributed by atoms with Crippen molar-refractivity contribution < 1.29 is 5.11 Å². The maximum absolute atomic E-state index is 9.60. The van der Waals surface area contributed by atoms with Gasteiger partial charge in [0.2, 0.25) is 0 Å². The summed E-state index contributed by atoms with van der Waals surface area (Å²) in [6.07, 6.45) is 7.28. The molecule has 0 radical (unpaired) electrons. The molecule has 1 saturated heterocycles. The zero-order valence-corrected chi connectivity index (χ0v) is 14.8. The lowest BCUT2D eigenvalue weighted by molar-refractivity contribution is 0.108. The molecule has 4 nitrogen and oxygen atoms in total. The first-order valence-electron chi connectivity index (χ1n) is 7.95. The number of likely N-dealkylation sites (tertiary alicyclic amines) is 1. The van der Waals surface area contributed by atoms with Crippen LogP contribution < -0.4 is 5.32 Å². The molecule has 0 amide bonds. The number of hydrogen-bond acceptors (Lipinski definition) is 2. The van der Waals surface area contributed by atoms with Gasteiger partial charge in [-0.15, -0.1) is 24.0 Å². The normalized spacial score (nSPS) is 26.1. The minimum atomic E-state index is -0.111. The van der Waals surface area contributed by atoms with Gasteiger partial charge in [0.05, 0.1) is 6.10 Å². The maximum atomic E-state index is 9.60. The third kappa shape index (κ3) is 3.78. The number of rotatable bonds is 4. The third-order valence-electron chi connectivity index (χ3n) is 4.98. The van der Waals surface area contributed by atoms with Gasteiger partial charge in [-0.05, 0) is 56.8 Å². The summed E-state index contributed by atoms with van der Waals surface area (Å²) < 4.78 is 0. The van der Waals surface area contributed by atoms with Gasteiger partial charge in [0.1, 0.15) is 0 Å². The van der Waals surface area contributed by atoms with Crippen molar-refractivity contribution in [3.05, 3.63) is 0 Å². The van der Waals surface area contributed by atoms with Crippen molar-refractivity contribution in [3.63, 3.8) is 0 Å². The number of nitrogens with zero attached hydrogens (tertiary/aromatic N) is 2. The molecule has 2 saturated carbocycles. The molecule has 5 heteroatoms. The van der Waals surface area contributed by atoms with Gasteiger partial charge in [-0.2, -0.15) is 0 Å². The highest BCUT2D eigenvalue weighted by Gasteiger charge is 2.53. The van der Waals surface area contributed by atoms with E-state index in [9.17, 15) is 5.11 Å². The topological polar surface area (TPSA) is 47.9 Å². The van der Waals surface area contributed by atoms with Gasteiger partial charge in [0.25, 0.3) is 0 Å². The number of aliphatic hydroxyl groups is 1. The van der Waals surface area contributed by atoms with Crippen LogP contribution in [0.1, 0.15) is 45.4 Å². The monoisotopic (exact) mass is 393 g/mol. The molecule has 2 aliphatic carbocycles. The molecule has 0 unspecified atom stereocenters. The molecule has 0 atom stereocenters. The summed E-state index contributed by atoms with van der Waals surface area (Å²) in [5, 5.41) is 13.0. The van der Waals surface area contributed by atoms with Gasteiger partial charge in [-0.25, -0.2) is 0 Å². The van der Waals surface area contributed by atoms with Gasteiger partial charge in [0, 0.05) is 26.2 Å². The van der Waals surface area contributed by atoms with Crippen LogP contribution in [-0.4, -0.2) is 48.2 Å². The molecule has 0 spiro atoms. The fourth-order valence-electron chi connectivity index (χ4n) is 3.29. The van der Waals surface area contributed by atoms with Gasteiger partial charge >= 0.3 is 0 Å². The number of guanidine groups is 1. The van der Waals surface area contributed by atoms with E-state index in [2.05, 4.69) is 17.1 Å². The summed E-state index contributed by atoms with van der Waals surface area (Å²) in [7, 11) is 0. The van der Waals surface area contributed by atoms with E-state index < -0.39 is 0 Å². The van der Waals surface area contributed by atoms with Crippen LogP contribution in [0.4, 0.5) is 0 Å². The molecule has 0 aromatic rings. The van der Waals surface area contributed by atoms with Crippen LogP contribution in [0.15, 0.2) is 4.99 Å². The SMILES string of the molecule is CCNC(=NCC1(C2CC2)CC1)N1CCC(O)CC1.I. The molecule has 116 valence electrons. The molecule has 0 bridgehead atoms. The molecule has 3 aliphatic rings. The highest BCUT2D eigenvalue weighted by atomic mass is 127. The van der Waals surface area contributed by atoms with E-state index in [1.54, 1.807) is 0 Å². The van der Waals surface area contributed by atoms with E-state index >= 15 is 0 Å². The van der Waals surface area contributed by atoms with Crippen LogP contribution in [0.5, 0.6) is 0 Å².